The minimum atomic E-state index is -1.35. The maximum Gasteiger partial charge on any atom is 0.268 e. The van der Waals surface area contributed by atoms with E-state index in [1.165, 1.54) is 24.9 Å². The summed E-state index contributed by atoms with van der Waals surface area (Å²) in [6.45, 7) is 11.6. The Balaban J connectivity index is 2.39. The number of allylic oxidation sites excluding steroid dienone is 1. The summed E-state index contributed by atoms with van der Waals surface area (Å²) >= 11 is 0. The number of nitrogens with one attached hydrogen (secondary N) is 3. The van der Waals surface area contributed by atoms with E-state index in [0.717, 1.165) is 5.56 Å². The van der Waals surface area contributed by atoms with E-state index in [2.05, 4.69) is 16.0 Å². The number of nitrogens with zero attached hydrogens (tertiary/aromatic N) is 2. The van der Waals surface area contributed by atoms with E-state index in [9.17, 15) is 33.9 Å². The van der Waals surface area contributed by atoms with Crippen LogP contribution in [0.2, 0.25) is 0 Å². The molecule has 0 fully saturated rings. The van der Waals surface area contributed by atoms with Crippen LogP contribution >= 0.6 is 0 Å². The van der Waals surface area contributed by atoms with Crippen molar-refractivity contribution in [1.82, 2.24) is 16.0 Å². The summed E-state index contributed by atoms with van der Waals surface area (Å²) in [4.78, 5) is 53.8. The van der Waals surface area contributed by atoms with Gasteiger partial charge in [-0.05, 0) is 49.1 Å². The zero-order valence-corrected chi connectivity index (χ0v) is 27.2. The fourth-order valence-corrected chi connectivity index (χ4v) is 4.25. The van der Waals surface area contributed by atoms with Crippen molar-refractivity contribution in [1.29, 1.82) is 5.26 Å². The number of nitriles is 1. The van der Waals surface area contributed by atoms with Gasteiger partial charge in [0.25, 0.3) is 5.91 Å². The fourth-order valence-electron chi connectivity index (χ4n) is 4.25. The number of anilines is 1. The molecule has 0 aliphatic carbocycles. The lowest BCUT2D eigenvalue weighted by atomic mass is 9.94. The van der Waals surface area contributed by atoms with Crippen molar-refractivity contribution < 1.29 is 28.7 Å². The first-order valence-corrected chi connectivity index (χ1v) is 14.8. The van der Waals surface area contributed by atoms with Crippen molar-refractivity contribution in [3.05, 3.63) is 76.6 Å². The second-order valence-corrected chi connectivity index (χ2v) is 12.5. The molecule has 0 saturated heterocycles. The Morgan fingerprint density at radius 3 is 2.27 bits per heavy atom. The Hall–Kier alpha value is -4.56. The minimum Gasteiger partial charge on any atom is -0.391 e. The molecule has 0 unspecified atom stereocenters. The Morgan fingerprint density at radius 2 is 1.71 bits per heavy atom. The van der Waals surface area contributed by atoms with Crippen LogP contribution in [0.4, 0.5) is 10.1 Å². The van der Waals surface area contributed by atoms with Gasteiger partial charge >= 0.3 is 0 Å². The first kappa shape index (κ1) is 36.6. The van der Waals surface area contributed by atoms with Gasteiger partial charge in [-0.25, -0.2) is 4.39 Å². The molecule has 0 spiro atoms. The molecule has 2 aromatic carbocycles. The largest absolute Gasteiger partial charge is 0.391 e. The SMILES string of the molecule is Cc1ccc(CNC(=O)[C@H](Cc2cccc(N(C)C(=O)C(C#N)=CC(C)C)c2)NC(=O)[C@@H](NC(=O)C(C)(C)C)[C@@H](C)O)c(F)c1. The summed E-state index contributed by atoms with van der Waals surface area (Å²) in [5, 5.41) is 27.7. The topological polar surface area (TPSA) is 152 Å². The van der Waals surface area contributed by atoms with Crippen LogP contribution in [0.3, 0.4) is 0 Å². The van der Waals surface area contributed by atoms with Crippen LogP contribution in [-0.2, 0) is 32.1 Å². The highest BCUT2D eigenvalue weighted by molar-refractivity contribution is 6.08. The van der Waals surface area contributed by atoms with Crippen LogP contribution in [0.5, 0.6) is 0 Å². The lowest BCUT2D eigenvalue weighted by molar-refractivity contribution is -0.137. The van der Waals surface area contributed by atoms with E-state index in [1.54, 1.807) is 70.2 Å². The molecule has 2 aromatic rings. The number of aryl methyl sites for hydroxylation is 1. The molecule has 242 valence electrons. The molecular formula is C34H44FN5O5. The molecule has 10 nitrogen and oxygen atoms in total. The molecule has 0 heterocycles. The number of aliphatic hydroxyl groups is 1. The Labute approximate surface area is 264 Å². The predicted octanol–water partition coefficient (Wildman–Crippen LogP) is 3.46. The molecule has 0 saturated carbocycles. The van der Waals surface area contributed by atoms with E-state index in [4.69, 9.17) is 0 Å². The summed E-state index contributed by atoms with van der Waals surface area (Å²) < 4.78 is 14.5. The van der Waals surface area contributed by atoms with Crippen LogP contribution in [0.1, 0.15) is 58.2 Å². The number of amides is 4. The number of likely N-dealkylation sites (N-methyl/N-ethyl adjacent to an activating group) is 1. The summed E-state index contributed by atoms with van der Waals surface area (Å²) in [5.41, 5.74) is 1.14. The second-order valence-electron chi connectivity index (χ2n) is 12.5. The first-order chi connectivity index (χ1) is 20.9. The first-order valence-electron chi connectivity index (χ1n) is 14.8. The van der Waals surface area contributed by atoms with Crippen LogP contribution in [0.25, 0.3) is 0 Å². The molecule has 0 aliphatic heterocycles. The number of carbonyl (C=O) groups is 4. The van der Waals surface area contributed by atoms with Crippen molar-refractivity contribution in [3.63, 3.8) is 0 Å². The van der Waals surface area contributed by atoms with Crippen molar-refractivity contribution in [2.45, 2.75) is 79.6 Å². The Morgan fingerprint density at radius 1 is 1.04 bits per heavy atom. The molecule has 0 bridgehead atoms. The van der Waals surface area contributed by atoms with Crippen LogP contribution in [0.15, 0.2) is 54.1 Å². The third kappa shape index (κ3) is 10.8. The summed E-state index contributed by atoms with van der Waals surface area (Å²) in [6.07, 6.45) is 0.251. The van der Waals surface area contributed by atoms with Crippen molar-refractivity contribution in [2.75, 3.05) is 11.9 Å². The zero-order chi connectivity index (χ0) is 34.1. The number of rotatable bonds is 12. The highest BCUT2D eigenvalue weighted by Gasteiger charge is 2.33. The van der Waals surface area contributed by atoms with E-state index >= 15 is 0 Å². The third-order valence-corrected chi connectivity index (χ3v) is 6.92. The van der Waals surface area contributed by atoms with Gasteiger partial charge < -0.3 is 26.0 Å². The zero-order valence-electron chi connectivity index (χ0n) is 27.2. The van der Waals surface area contributed by atoms with Gasteiger partial charge in [0.1, 0.15) is 29.5 Å². The average Bonchev–Trinajstić information content (AvgIpc) is 2.96. The lowest BCUT2D eigenvalue weighted by Gasteiger charge is -2.27. The number of carbonyl (C=O) groups excluding carboxylic acids is 4. The smallest absolute Gasteiger partial charge is 0.268 e. The lowest BCUT2D eigenvalue weighted by Crippen LogP contribution is -2.58. The summed E-state index contributed by atoms with van der Waals surface area (Å²) in [5.74, 6) is -2.89. The van der Waals surface area contributed by atoms with E-state index in [0.29, 0.717) is 11.3 Å². The molecule has 0 aromatic heterocycles. The van der Waals surface area contributed by atoms with E-state index in [-0.39, 0.29) is 30.0 Å². The molecule has 11 heteroatoms. The molecule has 45 heavy (non-hydrogen) atoms. The summed E-state index contributed by atoms with van der Waals surface area (Å²) in [7, 11) is 1.53. The van der Waals surface area contributed by atoms with Gasteiger partial charge in [0.15, 0.2) is 0 Å². The van der Waals surface area contributed by atoms with Crippen molar-refractivity contribution in [2.24, 2.45) is 11.3 Å². The fraction of sp³-hybridized carbons (Fsp3) is 0.441. The van der Waals surface area contributed by atoms with Crippen LogP contribution in [-0.4, -0.2) is 54.0 Å². The van der Waals surface area contributed by atoms with Gasteiger partial charge in [0.2, 0.25) is 17.7 Å². The highest BCUT2D eigenvalue weighted by Crippen LogP contribution is 2.20. The van der Waals surface area contributed by atoms with Crippen molar-refractivity contribution >= 4 is 29.3 Å². The van der Waals surface area contributed by atoms with Gasteiger partial charge in [-0.1, -0.05) is 65.0 Å². The predicted molar refractivity (Wildman–Crippen MR) is 170 cm³/mol. The summed E-state index contributed by atoms with van der Waals surface area (Å²) in [6, 6.07) is 10.7. The molecule has 0 radical (unpaired) electrons. The number of hydrogen-bond donors (Lipinski definition) is 4. The molecule has 4 amide bonds. The molecule has 2 rings (SSSR count). The number of benzene rings is 2. The minimum absolute atomic E-state index is 0.00720. The second kappa shape index (κ2) is 16.0. The monoisotopic (exact) mass is 621 g/mol. The number of aliphatic hydroxyl groups excluding tert-OH is 1. The maximum absolute atomic E-state index is 14.5. The van der Waals surface area contributed by atoms with E-state index in [1.807, 2.05) is 19.9 Å². The quantitative estimate of drug-likeness (QED) is 0.211. The van der Waals surface area contributed by atoms with E-state index < -0.39 is 53.0 Å². The van der Waals surface area contributed by atoms with Gasteiger partial charge in [0, 0.05) is 36.7 Å². The average molecular weight is 622 g/mol. The highest BCUT2D eigenvalue weighted by atomic mass is 19.1. The van der Waals surface area contributed by atoms with Crippen LogP contribution < -0.4 is 20.9 Å². The van der Waals surface area contributed by atoms with Gasteiger partial charge in [-0.2, -0.15) is 5.26 Å². The van der Waals surface area contributed by atoms with Gasteiger partial charge in [0.05, 0.1) is 6.10 Å². The molecule has 3 atom stereocenters. The standard InChI is InChI=1S/C34H44FN5O5/c1-20(2)14-25(18-36)32(44)40(8)26-11-9-10-23(16-26)17-28(30(42)37-19-24-13-12-21(3)15-27(24)35)38-31(43)29(22(4)41)39-33(45)34(5,6)7/h9-16,20,22,28-29,41H,17,19H2,1-8H3,(H,37,42)(H,38,43)(H,39,45)/t22-,28+,29+/m1/s1. The Kier molecular flexibility index (Phi) is 13.0. The van der Waals surface area contributed by atoms with Crippen molar-refractivity contribution in [3.8, 4) is 6.07 Å². The maximum atomic E-state index is 14.5. The van der Waals surface area contributed by atoms with Gasteiger partial charge in [-0.15, -0.1) is 0 Å². The normalized spacial score (nSPS) is 13.7. The van der Waals surface area contributed by atoms with Gasteiger partial charge in [-0.3, -0.25) is 19.2 Å². The molecule has 4 N–H and O–H groups in total. The van der Waals surface area contributed by atoms with Crippen LogP contribution in [0, 0.1) is 35.4 Å². The number of hydrogen-bond acceptors (Lipinski definition) is 6. The third-order valence-electron chi connectivity index (χ3n) is 6.92. The molecule has 0 aliphatic rings. The Bertz CT molecular complexity index is 1470. The number of halogens is 1. The molecular weight excluding hydrogens is 577 g/mol.